The molecule has 1 atom stereocenters. The summed E-state index contributed by atoms with van der Waals surface area (Å²) in [6.07, 6.45) is 1.68. The Hall–Kier alpha value is -1.83. The number of rotatable bonds is 5. The smallest absolute Gasteiger partial charge is 0.287 e. The van der Waals surface area contributed by atoms with Gasteiger partial charge in [0.05, 0.1) is 6.54 Å². The lowest BCUT2D eigenvalue weighted by Crippen LogP contribution is -2.52. The molecule has 1 saturated heterocycles. The van der Waals surface area contributed by atoms with Gasteiger partial charge in [0.25, 0.3) is 5.91 Å². The largest absolute Gasteiger partial charge is 0.444 e. The molecule has 0 bridgehead atoms. The second-order valence-corrected chi connectivity index (χ2v) is 6.91. The number of furan rings is 1. The number of hydrogen-bond donors (Lipinski definition) is 2. The van der Waals surface area contributed by atoms with Crippen LogP contribution in [0.2, 0.25) is 0 Å². The van der Waals surface area contributed by atoms with Crippen molar-refractivity contribution in [3.8, 4) is 0 Å². The third kappa shape index (κ3) is 5.09. The van der Waals surface area contributed by atoms with Crippen LogP contribution in [0.3, 0.4) is 0 Å². The SMILES string of the molecule is CC(C)C(=O)NC1CCCN(C(=O)CNC(=O)c2ccc(Br)o2)C1. The molecule has 1 unspecified atom stereocenters. The predicted molar refractivity (Wildman–Crippen MR) is 91.3 cm³/mol. The highest BCUT2D eigenvalue weighted by atomic mass is 79.9. The fraction of sp³-hybridized carbons (Fsp3) is 0.562. The zero-order chi connectivity index (χ0) is 17.7. The summed E-state index contributed by atoms with van der Waals surface area (Å²) in [5.41, 5.74) is 0. The van der Waals surface area contributed by atoms with E-state index in [4.69, 9.17) is 4.42 Å². The summed E-state index contributed by atoms with van der Waals surface area (Å²) in [5.74, 6) is -0.544. The van der Waals surface area contributed by atoms with Crippen LogP contribution in [0.1, 0.15) is 37.2 Å². The van der Waals surface area contributed by atoms with Crippen molar-refractivity contribution in [2.75, 3.05) is 19.6 Å². The molecule has 1 aromatic heterocycles. The molecule has 1 aliphatic rings. The molecule has 3 amide bonds. The average Bonchev–Trinajstić information content (AvgIpc) is 2.99. The van der Waals surface area contributed by atoms with Crippen molar-refractivity contribution in [2.45, 2.75) is 32.7 Å². The molecule has 2 rings (SSSR count). The molecule has 1 aromatic rings. The van der Waals surface area contributed by atoms with Gasteiger partial charge in [-0.3, -0.25) is 14.4 Å². The summed E-state index contributed by atoms with van der Waals surface area (Å²) in [6.45, 7) is 4.68. The molecule has 1 fully saturated rings. The van der Waals surface area contributed by atoms with Crippen LogP contribution in [-0.4, -0.2) is 48.3 Å². The number of halogens is 1. The van der Waals surface area contributed by atoms with Crippen molar-refractivity contribution in [3.05, 3.63) is 22.6 Å². The third-order valence-corrected chi connectivity index (χ3v) is 4.27. The number of amides is 3. The van der Waals surface area contributed by atoms with Crippen LogP contribution in [0.15, 0.2) is 21.2 Å². The van der Waals surface area contributed by atoms with Crippen molar-refractivity contribution < 1.29 is 18.8 Å². The van der Waals surface area contributed by atoms with E-state index in [2.05, 4.69) is 26.6 Å². The van der Waals surface area contributed by atoms with E-state index in [1.807, 2.05) is 13.8 Å². The summed E-state index contributed by atoms with van der Waals surface area (Å²) < 4.78 is 5.60. The number of hydrogen-bond acceptors (Lipinski definition) is 4. The zero-order valence-corrected chi connectivity index (χ0v) is 15.4. The Kier molecular flexibility index (Phi) is 6.42. The second kappa shape index (κ2) is 8.32. The van der Waals surface area contributed by atoms with Crippen LogP contribution in [0.5, 0.6) is 0 Å². The molecule has 8 heteroatoms. The number of carbonyl (C=O) groups excluding carboxylic acids is 3. The molecule has 0 aliphatic carbocycles. The van der Waals surface area contributed by atoms with E-state index in [1.54, 1.807) is 11.0 Å². The van der Waals surface area contributed by atoms with Gasteiger partial charge in [-0.25, -0.2) is 0 Å². The van der Waals surface area contributed by atoms with Gasteiger partial charge < -0.3 is 20.0 Å². The number of carbonyl (C=O) groups is 3. The molecular weight excluding hydrogens is 378 g/mol. The molecule has 1 aliphatic heterocycles. The van der Waals surface area contributed by atoms with E-state index < -0.39 is 5.91 Å². The first-order valence-corrected chi connectivity index (χ1v) is 8.78. The summed E-state index contributed by atoms with van der Waals surface area (Å²) in [7, 11) is 0. The van der Waals surface area contributed by atoms with E-state index in [-0.39, 0.29) is 36.1 Å². The van der Waals surface area contributed by atoms with Gasteiger partial charge >= 0.3 is 0 Å². The Balaban J connectivity index is 1.81. The quantitative estimate of drug-likeness (QED) is 0.785. The lowest BCUT2D eigenvalue weighted by molar-refractivity contribution is -0.133. The molecule has 0 spiro atoms. The van der Waals surface area contributed by atoms with Gasteiger partial charge in [0, 0.05) is 25.0 Å². The maximum Gasteiger partial charge on any atom is 0.287 e. The number of nitrogens with zero attached hydrogens (tertiary/aromatic N) is 1. The first-order valence-electron chi connectivity index (χ1n) is 7.98. The van der Waals surface area contributed by atoms with Crippen molar-refractivity contribution >= 4 is 33.7 Å². The van der Waals surface area contributed by atoms with Crippen LogP contribution in [-0.2, 0) is 9.59 Å². The maximum atomic E-state index is 12.3. The van der Waals surface area contributed by atoms with Crippen molar-refractivity contribution in [2.24, 2.45) is 5.92 Å². The molecule has 0 saturated carbocycles. The van der Waals surface area contributed by atoms with Gasteiger partial charge in [0.1, 0.15) is 0 Å². The highest BCUT2D eigenvalue weighted by Crippen LogP contribution is 2.14. The first kappa shape index (κ1) is 18.5. The van der Waals surface area contributed by atoms with E-state index in [0.717, 1.165) is 12.8 Å². The number of likely N-dealkylation sites (tertiary alicyclic amines) is 1. The lowest BCUT2D eigenvalue weighted by Gasteiger charge is -2.33. The maximum absolute atomic E-state index is 12.3. The van der Waals surface area contributed by atoms with E-state index in [9.17, 15) is 14.4 Å². The summed E-state index contributed by atoms with van der Waals surface area (Å²) >= 11 is 3.12. The summed E-state index contributed by atoms with van der Waals surface area (Å²) in [4.78, 5) is 37.6. The predicted octanol–water partition coefficient (Wildman–Crippen LogP) is 1.54. The zero-order valence-electron chi connectivity index (χ0n) is 13.8. The van der Waals surface area contributed by atoms with Crippen molar-refractivity contribution in [1.82, 2.24) is 15.5 Å². The standard InChI is InChI=1S/C16H22BrN3O4/c1-10(2)15(22)19-11-4-3-7-20(9-11)14(21)8-18-16(23)12-5-6-13(17)24-12/h5-6,10-11H,3-4,7-9H2,1-2H3,(H,18,23)(H,19,22). The minimum absolute atomic E-state index is 0.00834. The first-order chi connectivity index (χ1) is 11.4. The van der Waals surface area contributed by atoms with E-state index >= 15 is 0 Å². The highest BCUT2D eigenvalue weighted by Gasteiger charge is 2.25. The van der Waals surface area contributed by atoms with Crippen LogP contribution in [0.4, 0.5) is 0 Å². The molecule has 132 valence electrons. The van der Waals surface area contributed by atoms with Crippen molar-refractivity contribution in [1.29, 1.82) is 0 Å². The van der Waals surface area contributed by atoms with Gasteiger partial charge in [0.2, 0.25) is 11.8 Å². The Morgan fingerprint density at radius 2 is 2.12 bits per heavy atom. The van der Waals surface area contributed by atoms with Crippen LogP contribution in [0.25, 0.3) is 0 Å². The van der Waals surface area contributed by atoms with Crippen LogP contribution < -0.4 is 10.6 Å². The van der Waals surface area contributed by atoms with Crippen LogP contribution >= 0.6 is 15.9 Å². The van der Waals surface area contributed by atoms with Gasteiger partial charge in [-0.1, -0.05) is 13.8 Å². The van der Waals surface area contributed by atoms with Crippen molar-refractivity contribution in [3.63, 3.8) is 0 Å². The normalized spacial score (nSPS) is 17.7. The van der Waals surface area contributed by atoms with E-state index in [1.165, 1.54) is 6.07 Å². The summed E-state index contributed by atoms with van der Waals surface area (Å²) in [5, 5.41) is 5.51. The molecule has 24 heavy (non-hydrogen) atoms. The minimum Gasteiger partial charge on any atom is -0.444 e. The van der Waals surface area contributed by atoms with Gasteiger partial charge in [-0.15, -0.1) is 0 Å². The number of piperidine rings is 1. The van der Waals surface area contributed by atoms with Gasteiger partial charge in [-0.2, -0.15) is 0 Å². The number of nitrogens with one attached hydrogen (secondary N) is 2. The third-order valence-electron chi connectivity index (χ3n) is 3.84. The minimum atomic E-state index is -0.435. The Labute approximate surface area is 149 Å². The van der Waals surface area contributed by atoms with Crippen LogP contribution in [0, 0.1) is 5.92 Å². The molecule has 0 radical (unpaired) electrons. The molecule has 2 heterocycles. The second-order valence-electron chi connectivity index (χ2n) is 6.13. The Bertz CT molecular complexity index is 614. The summed E-state index contributed by atoms with van der Waals surface area (Å²) in [6, 6.07) is 3.11. The van der Waals surface area contributed by atoms with E-state index in [0.29, 0.717) is 17.8 Å². The van der Waals surface area contributed by atoms with Gasteiger partial charge in [0.15, 0.2) is 10.4 Å². The Morgan fingerprint density at radius 1 is 1.38 bits per heavy atom. The molecular formula is C16H22BrN3O4. The topological polar surface area (TPSA) is 91.7 Å². The lowest BCUT2D eigenvalue weighted by atomic mass is 10.0. The fourth-order valence-corrected chi connectivity index (χ4v) is 2.79. The molecule has 7 nitrogen and oxygen atoms in total. The highest BCUT2D eigenvalue weighted by molar-refractivity contribution is 9.10. The molecule has 2 N–H and O–H groups in total. The monoisotopic (exact) mass is 399 g/mol. The fourth-order valence-electron chi connectivity index (χ4n) is 2.48. The molecule has 0 aromatic carbocycles. The Morgan fingerprint density at radius 3 is 2.75 bits per heavy atom. The van der Waals surface area contributed by atoms with Gasteiger partial charge in [-0.05, 0) is 40.9 Å². The average molecular weight is 400 g/mol.